The van der Waals surface area contributed by atoms with Crippen molar-refractivity contribution in [1.29, 1.82) is 0 Å². The van der Waals surface area contributed by atoms with Gasteiger partial charge in [0.1, 0.15) is 5.15 Å². The molecule has 100 valence electrons. The van der Waals surface area contributed by atoms with Crippen LogP contribution in [0.3, 0.4) is 0 Å². The van der Waals surface area contributed by atoms with Crippen LogP contribution in [0.4, 0.5) is 0 Å². The van der Waals surface area contributed by atoms with E-state index in [-0.39, 0.29) is 0 Å². The molecule has 0 N–H and O–H groups in total. The van der Waals surface area contributed by atoms with Gasteiger partial charge in [-0.25, -0.2) is 9.97 Å². The van der Waals surface area contributed by atoms with E-state index in [9.17, 15) is 0 Å². The quantitative estimate of drug-likeness (QED) is 0.543. The van der Waals surface area contributed by atoms with E-state index in [0.717, 1.165) is 15.7 Å². The van der Waals surface area contributed by atoms with Gasteiger partial charge in [0, 0.05) is 10.5 Å². The first-order chi connectivity index (χ1) is 9.02. The smallest absolute Gasteiger partial charge is 0.161 e. The van der Waals surface area contributed by atoms with E-state index < -0.39 is 0 Å². The molecule has 5 heteroatoms. The Bertz CT molecular complexity index is 585. The van der Waals surface area contributed by atoms with Crippen molar-refractivity contribution in [2.45, 2.75) is 24.7 Å². The number of hydrogen-bond acceptors (Lipinski definition) is 3. The van der Waals surface area contributed by atoms with Crippen molar-refractivity contribution in [2.24, 2.45) is 0 Å². The molecule has 0 atom stereocenters. The summed E-state index contributed by atoms with van der Waals surface area (Å²) in [6, 6.07) is 8.17. The molecule has 2 nitrogen and oxygen atoms in total. The van der Waals surface area contributed by atoms with E-state index in [1.807, 2.05) is 12.1 Å². The molecule has 1 aromatic heterocycles. The average Bonchev–Trinajstić information content (AvgIpc) is 2.41. The zero-order valence-electron chi connectivity index (χ0n) is 10.9. The van der Waals surface area contributed by atoms with Crippen LogP contribution in [0.25, 0.3) is 11.4 Å². The molecule has 0 saturated heterocycles. The normalized spacial score (nSPS) is 11.1. The summed E-state index contributed by atoms with van der Waals surface area (Å²) < 4.78 is 0.786. The zero-order valence-corrected chi connectivity index (χ0v) is 14.1. The summed E-state index contributed by atoms with van der Waals surface area (Å²) in [5, 5.41) is 0.461. The van der Waals surface area contributed by atoms with E-state index in [1.165, 1.54) is 4.90 Å². The zero-order chi connectivity index (χ0) is 14.0. The Morgan fingerprint density at radius 3 is 2.32 bits per heavy atom. The lowest BCUT2D eigenvalue weighted by atomic mass is 10.1. The van der Waals surface area contributed by atoms with Crippen molar-refractivity contribution in [3.05, 3.63) is 39.6 Å². The molecule has 0 aliphatic rings. The maximum absolute atomic E-state index is 6.17. The largest absolute Gasteiger partial charge is 0.232 e. The number of rotatable bonds is 3. The predicted octanol–water partition coefficient (Wildman–Crippen LogP) is 5.40. The molecule has 0 bridgehead atoms. The maximum atomic E-state index is 6.17. The van der Waals surface area contributed by atoms with Crippen LogP contribution in [0.15, 0.2) is 33.6 Å². The molecular formula is C14H14BrClN2S. The lowest BCUT2D eigenvalue weighted by molar-refractivity contribution is 0.809. The highest BCUT2D eigenvalue weighted by atomic mass is 79.9. The number of hydrogen-bond donors (Lipinski definition) is 0. The molecule has 0 saturated carbocycles. The number of aromatic nitrogens is 2. The minimum absolute atomic E-state index is 0.291. The van der Waals surface area contributed by atoms with Crippen molar-refractivity contribution in [3.8, 4) is 11.4 Å². The predicted molar refractivity (Wildman–Crippen MR) is 86.0 cm³/mol. The fourth-order valence-electron chi connectivity index (χ4n) is 1.69. The highest BCUT2D eigenvalue weighted by Gasteiger charge is 2.14. The topological polar surface area (TPSA) is 25.8 Å². The van der Waals surface area contributed by atoms with Gasteiger partial charge in [0.2, 0.25) is 0 Å². The van der Waals surface area contributed by atoms with Gasteiger partial charge in [-0.3, -0.25) is 0 Å². The van der Waals surface area contributed by atoms with Gasteiger partial charge >= 0.3 is 0 Å². The first-order valence-corrected chi connectivity index (χ1v) is 8.30. The van der Waals surface area contributed by atoms with E-state index in [2.05, 4.69) is 58.1 Å². The summed E-state index contributed by atoms with van der Waals surface area (Å²) in [6.45, 7) is 4.17. The molecular weight excluding hydrogens is 344 g/mol. The molecule has 0 spiro atoms. The van der Waals surface area contributed by atoms with Crippen molar-refractivity contribution >= 4 is 39.3 Å². The second-order valence-electron chi connectivity index (χ2n) is 4.42. The van der Waals surface area contributed by atoms with E-state index in [0.29, 0.717) is 16.9 Å². The highest BCUT2D eigenvalue weighted by molar-refractivity contribution is 9.10. The molecule has 19 heavy (non-hydrogen) atoms. The third-order valence-electron chi connectivity index (χ3n) is 2.73. The first kappa shape index (κ1) is 14.8. The lowest BCUT2D eigenvalue weighted by Gasteiger charge is -2.11. The molecule has 0 unspecified atom stereocenters. The molecule has 0 amide bonds. The standard InChI is InChI=1S/C14H14BrClN2S/c1-8(2)12-11(15)13(16)18-14(17-12)9-4-6-10(19-3)7-5-9/h4-8H,1-3H3. The molecule has 2 aromatic rings. The molecule has 0 radical (unpaired) electrons. The minimum Gasteiger partial charge on any atom is -0.232 e. The fourth-order valence-corrected chi connectivity index (χ4v) is 2.91. The maximum Gasteiger partial charge on any atom is 0.161 e. The summed E-state index contributed by atoms with van der Waals surface area (Å²) in [5.74, 6) is 0.962. The molecule has 1 aromatic carbocycles. The summed E-state index contributed by atoms with van der Waals surface area (Å²) >= 11 is 11.3. The van der Waals surface area contributed by atoms with E-state index >= 15 is 0 Å². The van der Waals surface area contributed by atoms with E-state index in [4.69, 9.17) is 11.6 Å². The third kappa shape index (κ3) is 3.30. The number of nitrogens with zero attached hydrogens (tertiary/aromatic N) is 2. The Balaban J connectivity index is 2.49. The molecule has 0 aliphatic heterocycles. The van der Waals surface area contributed by atoms with Gasteiger partial charge < -0.3 is 0 Å². The Morgan fingerprint density at radius 2 is 1.79 bits per heavy atom. The molecule has 0 fully saturated rings. The van der Waals surface area contributed by atoms with Gasteiger partial charge in [-0.2, -0.15) is 0 Å². The SMILES string of the molecule is CSc1ccc(-c2nc(Cl)c(Br)c(C(C)C)n2)cc1. The van der Waals surface area contributed by atoms with Crippen LogP contribution >= 0.6 is 39.3 Å². The second-order valence-corrected chi connectivity index (χ2v) is 6.45. The number of halogens is 2. The van der Waals surface area contributed by atoms with Crippen LogP contribution < -0.4 is 0 Å². The molecule has 0 aliphatic carbocycles. The van der Waals surface area contributed by atoms with Gasteiger partial charge in [-0.1, -0.05) is 37.6 Å². The summed E-state index contributed by atoms with van der Waals surface area (Å²) in [5.41, 5.74) is 1.91. The summed E-state index contributed by atoms with van der Waals surface area (Å²) in [4.78, 5) is 10.2. The Labute approximate surface area is 131 Å². The van der Waals surface area contributed by atoms with Crippen LogP contribution in [0.2, 0.25) is 5.15 Å². The van der Waals surface area contributed by atoms with Crippen molar-refractivity contribution in [3.63, 3.8) is 0 Å². The third-order valence-corrected chi connectivity index (χ3v) is 4.76. The van der Waals surface area contributed by atoms with Crippen LogP contribution in [0, 0.1) is 0 Å². The minimum atomic E-state index is 0.291. The fraction of sp³-hybridized carbons (Fsp3) is 0.286. The Kier molecular flexibility index (Phi) is 4.87. The van der Waals surface area contributed by atoms with Gasteiger partial charge in [0.25, 0.3) is 0 Å². The van der Waals surface area contributed by atoms with Crippen LogP contribution in [-0.4, -0.2) is 16.2 Å². The van der Waals surface area contributed by atoms with Crippen molar-refractivity contribution in [1.82, 2.24) is 9.97 Å². The van der Waals surface area contributed by atoms with Crippen LogP contribution in [0.1, 0.15) is 25.5 Å². The highest BCUT2D eigenvalue weighted by Crippen LogP contribution is 2.31. The van der Waals surface area contributed by atoms with Crippen molar-refractivity contribution in [2.75, 3.05) is 6.26 Å². The summed E-state index contributed by atoms with van der Waals surface area (Å²) in [6.07, 6.45) is 2.05. The van der Waals surface area contributed by atoms with Crippen molar-refractivity contribution < 1.29 is 0 Å². The second kappa shape index (κ2) is 6.25. The average molecular weight is 358 g/mol. The van der Waals surface area contributed by atoms with Crippen LogP contribution in [-0.2, 0) is 0 Å². The Hall–Kier alpha value is -0.580. The van der Waals surface area contributed by atoms with Gasteiger partial charge in [0.15, 0.2) is 5.82 Å². The van der Waals surface area contributed by atoms with E-state index in [1.54, 1.807) is 11.8 Å². The van der Waals surface area contributed by atoms with Gasteiger partial charge in [-0.05, 0) is 40.2 Å². The monoisotopic (exact) mass is 356 g/mol. The van der Waals surface area contributed by atoms with Gasteiger partial charge in [-0.15, -0.1) is 11.8 Å². The first-order valence-electron chi connectivity index (χ1n) is 5.90. The van der Waals surface area contributed by atoms with Crippen LogP contribution in [0.5, 0.6) is 0 Å². The van der Waals surface area contributed by atoms with Gasteiger partial charge in [0.05, 0.1) is 10.2 Å². The molecule has 1 heterocycles. The number of benzene rings is 1. The molecule has 2 rings (SSSR count). The Morgan fingerprint density at radius 1 is 1.16 bits per heavy atom. The summed E-state index contributed by atoms with van der Waals surface area (Å²) in [7, 11) is 0. The lowest BCUT2D eigenvalue weighted by Crippen LogP contribution is -2.00. The number of thioether (sulfide) groups is 1.